The molecule has 1 atom stereocenters. The molecule has 0 N–H and O–H groups in total. The molecular formula is C24H27ClN2O6S. The number of ether oxygens (including phenoxy) is 2. The van der Waals surface area contributed by atoms with Crippen LogP contribution in [0, 0.1) is 0 Å². The molecule has 1 saturated heterocycles. The summed E-state index contributed by atoms with van der Waals surface area (Å²) >= 11 is 6.21. The number of carbonyl (C=O) groups excluding carboxylic acids is 2. The summed E-state index contributed by atoms with van der Waals surface area (Å²) in [6, 6.07) is 9.67. The summed E-state index contributed by atoms with van der Waals surface area (Å²) in [5.41, 5.74) is 2.35. The number of benzene rings is 2. The summed E-state index contributed by atoms with van der Waals surface area (Å²) in [5, 5.41) is 0.283. The minimum Gasteiger partial charge on any atom is -0.446 e. The van der Waals surface area contributed by atoms with E-state index in [9.17, 15) is 18.0 Å². The first-order valence-corrected chi connectivity index (χ1v) is 13.3. The van der Waals surface area contributed by atoms with Gasteiger partial charge in [-0.15, -0.1) is 0 Å². The molecule has 0 radical (unpaired) electrons. The number of anilines is 2. The molecule has 0 bridgehead atoms. The molecule has 0 unspecified atom stereocenters. The largest absolute Gasteiger partial charge is 0.446 e. The summed E-state index contributed by atoms with van der Waals surface area (Å²) in [4.78, 5) is 28.9. The van der Waals surface area contributed by atoms with E-state index in [1.165, 1.54) is 13.0 Å². The molecule has 2 heterocycles. The van der Waals surface area contributed by atoms with Crippen LogP contribution in [0.25, 0.3) is 11.1 Å². The fourth-order valence-electron chi connectivity index (χ4n) is 4.40. The van der Waals surface area contributed by atoms with Crippen molar-refractivity contribution < 1.29 is 27.5 Å². The first kappa shape index (κ1) is 24.5. The van der Waals surface area contributed by atoms with E-state index in [-0.39, 0.29) is 34.5 Å². The number of halogens is 1. The average Bonchev–Trinajstić information content (AvgIpc) is 2.77. The Morgan fingerprint density at radius 1 is 1.06 bits per heavy atom. The number of hydrogen-bond acceptors (Lipinski definition) is 6. The van der Waals surface area contributed by atoms with E-state index < -0.39 is 15.9 Å². The highest BCUT2D eigenvalue weighted by Crippen LogP contribution is 2.40. The maximum atomic E-state index is 13.2. The molecule has 4 rings (SSSR count). The predicted molar refractivity (Wildman–Crippen MR) is 130 cm³/mol. The van der Waals surface area contributed by atoms with Crippen LogP contribution in [-0.2, 0) is 24.1 Å². The lowest BCUT2D eigenvalue weighted by molar-refractivity contribution is -0.117. The average molecular weight is 507 g/mol. The molecule has 0 saturated carbocycles. The van der Waals surface area contributed by atoms with Crippen molar-refractivity contribution in [3.05, 3.63) is 41.4 Å². The lowest BCUT2D eigenvalue weighted by Gasteiger charge is -2.41. The van der Waals surface area contributed by atoms with Crippen LogP contribution in [0.2, 0.25) is 5.02 Å². The molecule has 0 aliphatic carbocycles. The van der Waals surface area contributed by atoms with Gasteiger partial charge in [-0.3, -0.25) is 9.69 Å². The van der Waals surface area contributed by atoms with Crippen LogP contribution in [0.1, 0.15) is 26.7 Å². The van der Waals surface area contributed by atoms with Crippen LogP contribution < -0.4 is 9.80 Å². The molecule has 0 spiro atoms. The highest BCUT2D eigenvalue weighted by atomic mass is 35.5. The maximum Gasteiger partial charge on any atom is 0.414 e. The summed E-state index contributed by atoms with van der Waals surface area (Å²) in [6.07, 6.45) is 1.69. The molecule has 2 aromatic carbocycles. The van der Waals surface area contributed by atoms with Crippen LogP contribution in [0.5, 0.6) is 0 Å². The maximum absolute atomic E-state index is 13.2. The van der Waals surface area contributed by atoms with Gasteiger partial charge < -0.3 is 14.4 Å². The quantitative estimate of drug-likeness (QED) is 0.616. The van der Waals surface area contributed by atoms with Crippen molar-refractivity contribution in [2.24, 2.45) is 0 Å². The summed E-state index contributed by atoms with van der Waals surface area (Å²) in [6.45, 7) is 4.72. The SMILES string of the molecule is CC(=O)N1c2ccc(-c3cc(Cl)cc(S(C)(=O)=O)c3)cc2N(C(=O)OC2CCOCC2)C[C@@H]1C. The highest BCUT2D eigenvalue weighted by Gasteiger charge is 2.35. The van der Waals surface area contributed by atoms with Crippen LogP contribution in [-0.4, -0.2) is 58.6 Å². The molecule has 2 aromatic rings. The topological polar surface area (TPSA) is 93.2 Å². The molecule has 0 aromatic heterocycles. The standard InChI is InChI=1S/C24H27ClN2O6S/c1-15-14-26(24(29)33-20-6-8-32-9-7-20)23-12-17(4-5-22(23)27(15)16(2)28)18-10-19(25)13-21(11-18)34(3,30)31/h4-5,10-13,15,20H,6-9,14H2,1-3H3/t15-/m0/s1. The molecule has 2 amide bonds. The van der Waals surface area contributed by atoms with E-state index in [1.807, 2.05) is 6.92 Å². The smallest absolute Gasteiger partial charge is 0.414 e. The lowest BCUT2D eigenvalue weighted by Crippen LogP contribution is -2.52. The van der Waals surface area contributed by atoms with Crippen LogP contribution in [0.4, 0.5) is 16.2 Å². The zero-order chi connectivity index (χ0) is 24.6. The van der Waals surface area contributed by atoms with Crippen molar-refractivity contribution >= 4 is 44.8 Å². The van der Waals surface area contributed by atoms with Crippen molar-refractivity contribution in [2.75, 3.05) is 35.8 Å². The van der Waals surface area contributed by atoms with Crippen molar-refractivity contribution in [1.82, 2.24) is 0 Å². The van der Waals surface area contributed by atoms with Gasteiger partial charge in [-0.05, 0) is 48.4 Å². The monoisotopic (exact) mass is 506 g/mol. The number of carbonyl (C=O) groups is 2. The van der Waals surface area contributed by atoms with E-state index >= 15 is 0 Å². The third-order valence-corrected chi connectivity index (χ3v) is 7.35. The molecule has 2 aliphatic rings. The van der Waals surface area contributed by atoms with Crippen LogP contribution in [0.3, 0.4) is 0 Å². The van der Waals surface area contributed by atoms with E-state index in [1.54, 1.807) is 40.1 Å². The van der Waals surface area contributed by atoms with Gasteiger partial charge >= 0.3 is 6.09 Å². The number of nitrogens with zero attached hydrogens (tertiary/aromatic N) is 2. The Kier molecular flexibility index (Phi) is 6.89. The first-order chi connectivity index (χ1) is 16.0. The molecule has 2 aliphatic heterocycles. The van der Waals surface area contributed by atoms with Gasteiger partial charge in [0, 0.05) is 37.6 Å². The third-order valence-electron chi connectivity index (χ3n) is 6.04. The van der Waals surface area contributed by atoms with Gasteiger partial charge in [0.2, 0.25) is 5.91 Å². The zero-order valence-corrected chi connectivity index (χ0v) is 20.9. The number of amides is 2. The van der Waals surface area contributed by atoms with Crippen molar-refractivity contribution in [1.29, 1.82) is 0 Å². The minimum absolute atomic E-state index is 0.0995. The second kappa shape index (κ2) is 9.56. The van der Waals surface area contributed by atoms with Crippen molar-refractivity contribution in [3.8, 4) is 11.1 Å². The van der Waals surface area contributed by atoms with Crippen LogP contribution >= 0.6 is 11.6 Å². The molecule has 1 fully saturated rings. The minimum atomic E-state index is -3.47. The highest BCUT2D eigenvalue weighted by molar-refractivity contribution is 7.90. The lowest BCUT2D eigenvalue weighted by atomic mass is 10.0. The second-order valence-electron chi connectivity index (χ2n) is 8.70. The van der Waals surface area contributed by atoms with Gasteiger partial charge in [0.15, 0.2) is 9.84 Å². The summed E-state index contributed by atoms with van der Waals surface area (Å²) in [5.74, 6) is -0.138. The van der Waals surface area contributed by atoms with Gasteiger partial charge in [-0.1, -0.05) is 17.7 Å². The molecule has 10 heteroatoms. The number of hydrogen-bond donors (Lipinski definition) is 0. The molecular weight excluding hydrogens is 480 g/mol. The molecule has 8 nitrogen and oxygen atoms in total. The van der Waals surface area contributed by atoms with Gasteiger partial charge in [-0.2, -0.15) is 0 Å². The van der Waals surface area contributed by atoms with Crippen molar-refractivity contribution in [3.63, 3.8) is 0 Å². The second-order valence-corrected chi connectivity index (χ2v) is 11.1. The van der Waals surface area contributed by atoms with Gasteiger partial charge in [0.25, 0.3) is 0 Å². The number of sulfone groups is 1. The number of rotatable bonds is 3. The van der Waals surface area contributed by atoms with E-state index in [4.69, 9.17) is 21.1 Å². The summed E-state index contributed by atoms with van der Waals surface area (Å²) < 4.78 is 35.3. The first-order valence-electron chi connectivity index (χ1n) is 11.1. The number of fused-ring (bicyclic) bond motifs is 1. The van der Waals surface area contributed by atoms with E-state index in [0.717, 1.165) is 6.26 Å². The van der Waals surface area contributed by atoms with Crippen molar-refractivity contribution in [2.45, 2.75) is 43.7 Å². The Hall–Kier alpha value is -2.62. The van der Waals surface area contributed by atoms with E-state index in [0.29, 0.717) is 48.6 Å². The van der Waals surface area contributed by atoms with Gasteiger partial charge in [-0.25, -0.2) is 13.2 Å². The Bertz CT molecular complexity index is 1230. The van der Waals surface area contributed by atoms with E-state index in [2.05, 4.69) is 0 Å². The Morgan fingerprint density at radius 2 is 1.76 bits per heavy atom. The van der Waals surface area contributed by atoms with Gasteiger partial charge in [0.1, 0.15) is 6.10 Å². The third kappa shape index (κ3) is 5.06. The van der Waals surface area contributed by atoms with Crippen LogP contribution in [0.15, 0.2) is 41.3 Å². The normalized spacial score (nSPS) is 19.0. The molecule has 182 valence electrons. The Labute approximate surface area is 204 Å². The fourth-order valence-corrected chi connectivity index (χ4v) is 5.38. The fraction of sp³-hybridized carbons (Fsp3) is 0.417. The Balaban J connectivity index is 1.77. The summed E-state index contributed by atoms with van der Waals surface area (Å²) in [7, 11) is -3.47. The molecule has 34 heavy (non-hydrogen) atoms. The predicted octanol–water partition coefficient (Wildman–Crippen LogP) is 4.29. The Morgan fingerprint density at radius 3 is 2.41 bits per heavy atom. The van der Waals surface area contributed by atoms with Gasteiger partial charge in [0.05, 0.1) is 35.5 Å². The zero-order valence-electron chi connectivity index (χ0n) is 19.3.